The smallest absolute Gasteiger partial charge is 0.255 e. The molecule has 0 aromatic heterocycles. The first-order valence-electron chi connectivity index (χ1n) is 5.61. The van der Waals surface area contributed by atoms with E-state index in [1.165, 1.54) is 7.11 Å². The quantitative estimate of drug-likeness (QED) is 0.846. The predicted octanol–water partition coefficient (Wildman–Crippen LogP) is 3.18. The van der Waals surface area contributed by atoms with Gasteiger partial charge in [0.1, 0.15) is 5.75 Å². The number of nitrogens with two attached hydrogens (primary N) is 1. The van der Waals surface area contributed by atoms with Gasteiger partial charge >= 0.3 is 0 Å². The van der Waals surface area contributed by atoms with Crippen molar-refractivity contribution in [3.8, 4) is 5.75 Å². The fourth-order valence-electron chi connectivity index (χ4n) is 1.63. The molecule has 3 N–H and O–H groups in total. The second-order valence-electron chi connectivity index (χ2n) is 3.89. The number of hydrogen-bond acceptors (Lipinski definition) is 3. The van der Waals surface area contributed by atoms with Gasteiger partial charge < -0.3 is 15.8 Å². The highest BCUT2D eigenvalue weighted by Crippen LogP contribution is 2.24. The molecule has 2 aromatic carbocycles. The van der Waals surface area contributed by atoms with E-state index in [-0.39, 0.29) is 5.91 Å². The van der Waals surface area contributed by atoms with Crippen LogP contribution in [-0.4, -0.2) is 13.0 Å². The van der Waals surface area contributed by atoms with Crippen LogP contribution in [0.2, 0.25) is 5.02 Å². The number of amides is 1. The van der Waals surface area contributed by atoms with Gasteiger partial charge in [-0.1, -0.05) is 23.7 Å². The van der Waals surface area contributed by atoms with Gasteiger partial charge in [-0.25, -0.2) is 0 Å². The number of methoxy groups -OCH3 is 1. The number of hydrogen-bond donors (Lipinski definition) is 2. The predicted molar refractivity (Wildman–Crippen MR) is 76.8 cm³/mol. The average molecular weight is 277 g/mol. The maximum Gasteiger partial charge on any atom is 0.255 e. The van der Waals surface area contributed by atoms with Crippen molar-refractivity contribution in [3.05, 3.63) is 53.1 Å². The zero-order valence-corrected chi connectivity index (χ0v) is 11.1. The molecule has 2 aromatic rings. The number of ether oxygens (including phenoxy) is 1. The Balaban J connectivity index is 2.21. The summed E-state index contributed by atoms with van der Waals surface area (Å²) in [4.78, 5) is 12.1. The first kappa shape index (κ1) is 13.2. The lowest BCUT2D eigenvalue weighted by molar-refractivity contribution is 0.102. The third kappa shape index (κ3) is 2.98. The number of benzene rings is 2. The van der Waals surface area contributed by atoms with E-state index >= 15 is 0 Å². The van der Waals surface area contributed by atoms with Crippen molar-refractivity contribution in [3.63, 3.8) is 0 Å². The molecular formula is C14H13ClN2O2. The van der Waals surface area contributed by atoms with Crippen LogP contribution in [0.15, 0.2) is 42.5 Å². The molecule has 0 saturated heterocycles. The summed E-state index contributed by atoms with van der Waals surface area (Å²) in [6, 6.07) is 11.9. The third-order valence-corrected chi connectivity index (χ3v) is 2.94. The van der Waals surface area contributed by atoms with E-state index < -0.39 is 0 Å². The number of halogens is 1. The van der Waals surface area contributed by atoms with Gasteiger partial charge in [-0.15, -0.1) is 0 Å². The number of nitrogen functional groups attached to an aromatic ring is 1. The molecule has 0 saturated carbocycles. The maximum atomic E-state index is 12.1. The number of para-hydroxylation sites is 1. The van der Waals surface area contributed by atoms with Gasteiger partial charge in [-0.3, -0.25) is 4.79 Å². The van der Waals surface area contributed by atoms with Gasteiger partial charge in [0.15, 0.2) is 0 Å². The highest BCUT2D eigenvalue weighted by molar-refractivity contribution is 6.33. The van der Waals surface area contributed by atoms with Gasteiger partial charge in [-0.05, 0) is 30.3 Å². The second-order valence-corrected chi connectivity index (χ2v) is 4.30. The molecule has 0 bridgehead atoms. The van der Waals surface area contributed by atoms with Crippen LogP contribution < -0.4 is 15.8 Å². The van der Waals surface area contributed by atoms with Crippen molar-refractivity contribution < 1.29 is 9.53 Å². The number of rotatable bonds is 3. The Morgan fingerprint density at radius 1 is 1.26 bits per heavy atom. The van der Waals surface area contributed by atoms with E-state index in [4.69, 9.17) is 22.1 Å². The summed E-state index contributed by atoms with van der Waals surface area (Å²) < 4.78 is 5.04. The fraction of sp³-hybridized carbons (Fsp3) is 0.0714. The van der Waals surface area contributed by atoms with Crippen LogP contribution in [0.3, 0.4) is 0 Å². The van der Waals surface area contributed by atoms with Crippen molar-refractivity contribution in [2.24, 2.45) is 0 Å². The van der Waals surface area contributed by atoms with E-state index in [1.807, 2.05) is 0 Å². The minimum atomic E-state index is -0.276. The topological polar surface area (TPSA) is 64.3 Å². The van der Waals surface area contributed by atoms with Crippen molar-refractivity contribution in [2.45, 2.75) is 0 Å². The van der Waals surface area contributed by atoms with E-state index in [0.29, 0.717) is 27.7 Å². The van der Waals surface area contributed by atoms with Crippen molar-refractivity contribution in [1.82, 2.24) is 0 Å². The van der Waals surface area contributed by atoms with Gasteiger partial charge in [0, 0.05) is 5.56 Å². The van der Waals surface area contributed by atoms with Crippen LogP contribution in [0.4, 0.5) is 11.4 Å². The molecule has 19 heavy (non-hydrogen) atoms. The lowest BCUT2D eigenvalue weighted by atomic mass is 10.1. The van der Waals surface area contributed by atoms with Crippen LogP contribution in [0.1, 0.15) is 10.4 Å². The largest absolute Gasteiger partial charge is 0.495 e. The summed E-state index contributed by atoms with van der Waals surface area (Å²) >= 11 is 5.98. The summed E-state index contributed by atoms with van der Waals surface area (Å²) in [6.45, 7) is 0. The molecule has 0 radical (unpaired) electrons. The molecule has 0 aliphatic rings. The maximum absolute atomic E-state index is 12.1. The zero-order chi connectivity index (χ0) is 13.8. The highest BCUT2D eigenvalue weighted by Gasteiger charge is 2.10. The van der Waals surface area contributed by atoms with E-state index in [9.17, 15) is 4.79 Å². The summed E-state index contributed by atoms with van der Waals surface area (Å²) in [5.41, 5.74) is 7.17. The molecule has 0 spiro atoms. The van der Waals surface area contributed by atoms with Crippen molar-refractivity contribution in [1.29, 1.82) is 0 Å². The number of carbonyl (C=O) groups is 1. The Hall–Kier alpha value is -2.20. The van der Waals surface area contributed by atoms with E-state index in [1.54, 1.807) is 42.5 Å². The Morgan fingerprint density at radius 2 is 2.00 bits per heavy atom. The molecule has 0 fully saturated rings. The molecule has 1 amide bonds. The minimum Gasteiger partial charge on any atom is -0.495 e. The van der Waals surface area contributed by atoms with E-state index in [0.717, 1.165) is 0 Å². The molecule has 98 valence electrons. The molecule has 5 heteroatoms. The van der Waals surface area contributed by atoms with Gasteiger partial charge in [0.05, 0.1) is 23.5 Å². The monoisotopic (exact) mass is 276 g/mol. The lowest BCUT2D eigenvalue weighted by Crippen LogP contribution is -2.12. The molecule has 0 aliphatic carbocycles. The summed E-state index contributed by atoms with van der Waals surface area (Å²) in [6.07, 6.45) is 0. The highest BCUT2D eigenvalue weighted by atomic mass is 35.5. The second kappa shape index (κ2) is 5.63. The average Bonchev–Trinajstić information content (AvgIpc) is 2.41. The first-order chi connectivity index (χ1) is 9.11. The number of anilines is 2. The van der Waals surface area contributed by atoms with Gasteiger partial charge in [-0.2, -0.15) is 0 Å². The summed E-state index contributed by atoms with van der Waals surface area (Å²) in [5.74, 6) is 0.261. The van der Waals surface area contributed by atoms with Crippen LogP contribution in [0.25, 0.3) is 0 Å². The first-order valence-corrected chi connectivity index (χ1v) is 5.99. The molecule has 4 nitrogen and oxygen atoms in total. The zero-order valence-electron chi connectivity index (χ0n) is 10.3. The third-order valence-electron chi connectivity index (χ3n) is 2.61. The summed E-state index contributed by atoms with van der Waals surface area (Å²) in [7, 11) is 1.52. The van der Waals surface area contributed by atoms with Crippen molar-refractivity contribution >= 4 is 28.9 Å². The molecule has 0 heterocycles. The van der Waals surface area contributed by atoms with Crippen LogP contribution in [0, 0.1) is 0 Å². The Labute approximate surface area is 116 Å². The molecule has 0 atom stereocenters. The van der Waals surface area contributed by atoms with Gasteiger partial charge in [0.2, 0.25) is 0 Å². The normalized spacial score (nSPS) is 10.0. The Morgan fingerprint density at radius 3 is 2.63 bits per heavy atom. The van der Waals surface area contributed by atoms with Crippen LogP contribution >= 0.6 is 11.6 Å². The lowest BCUT2D eigenvalue weighted by Gasteiger charge is -2.09. The number of carbonyl (C=O) groups excluding carboxylic acids is 1. The summed E-state index contributed by atoms with van der Waals surface area (Å²) in [5, 5.41) is 3.21. The number of nitrogens with one attached hydrogen (secondary N) is 1. The minimum absolute atomic E-state index is 0.276. The fourth-order valence-corrected chi connectivity index (χ4v) is 1.82. The van der Waals surface area contributed by atoms with Crippen molar-refractivity contribution in [2.75, 3.05) is 18.2 Å². The molecule has 2 rings (SSSR count). The van der Waals surface area contributed by atoms with Gasteiger partial charge in [0.25, 0.3) is 5.91 Å². The standard InChI is InChI=1S/C14H13ClN2O2/c1-19-13-7-6-9(8-11(13)16)14(18)17-12-5-3-2-4-10(12)15/h2-8H,16H2,1H3,(H,17,18). The van der Waals surface area contributed by atoms with Crippen LogP contribution in [0.5, 0.6) is 5.75 Å². The SMILES string of the molecule is COc1ccc(C(=O)Nc2ccccc2Cl)cc1N. The van der Waals surface area contributed by atoms with E-state index in [2.05, 4.69) is 5.32 Å². The molecule has 0 unspecified atom stereocenters. The Kier molecular flexibility index (Phi) is 3.92. The molecular weight excluding hydrogens is 264 g/mol. The molecule has 0 aliphatic heterocycles. The van der Waals surface area contributed by atoms with Crippen LogP contribution in [-0.2, 0) is 0 Å². The Bertz CT molecular complexity index is 614.